The third-order valence-corrected chi connectivity index (χ3v) is 6.17. The van der Waals surface area contributed by atoms with Crippen LogP contribution in [0.25, 0.3) is 11.3 Å². The van der Waals surface area contributed by atoms with E-state index in [1.165, 1.54) is 43.6 Å². The van der Waals surface area contributed by atoms with Crippen LogP contribution in [0, 0.1) is 23.0 Å². The average Bonchev–Trinajstić information content (AvgIpc) is 2.85. The van der Waals surface area contributed by atoms with Crippen molar-refractivity contribution in [2.75, 3.05) is 18.6 Å². The van der Waals surface area contributed by atoms with Crippen molar-refractivity contribution in [1.29, 1.82) is 5.26 Å². The van der Waals surface area contributed by atoms with Gasteiger partial charge in [0.05, 0.1) is 29.6 Å². The Hall–Kier alpha value is -4.20. The summed E-state index contributed by atoms with van der Waals surface area (Å²) in [5.41, 5.74) is -1.84. The number of anilines is 1. The summed E-state index contributed by atoms with van der Waals surface area (Å²) < 4.78 is 54.5. The number of nitriles is 1. The van der Waals surface area contributed by atoms with E-state index in [1.54, 1.807) is 20.8 Å². The number of hydrogen-bond donors (Lipinski definition) is 0. The number of carbonyl (C=O) groups excluding carboxylic acids is 1. The average molecular weight is 526 g/mol. The number of hydrogen-bond acceptors (Lipinski definition) is 7. The molecule has 198 valence electrons. The van der Waals surface area contributed by atoms with Gasteiger partial charge in [0.15, 0.2) is 5.82 Å². The topological polar surface area (TPSA) is 101 Å². The number of aromatic nitrogens is 3. The van der Waals surface area contributed by atoms with Gasteiger partial charge in [0.25, 0.3) is 0 Å². The van der Waals surface area contributed by atoms with Crippen molar-refractivity contribution >= 4 is 11.9 Å². The predicted molar refractivity (Wildman–Crippen MR) is 132 cm³/mol. The number of rotatable bonds is 6. The highest BCUT2D eigenvalue weighted by Gasteiger charge is 2.51. The third kappa shape index (κ3) is 5.25. The summed E-state index contributed by atoms with van der Waals surface area (Å²) in [5.74, 6) is -1.27. The molecule has 4 rings (SSSR count). The Morgan fingerprint density at radius 2 is 1.89 bits per heavy atom. The minimum absolute atomic E-state index is 0.00779. The Labute approximate surface area is 218 Å². The summed E-state index contributed by atoms with van der Waals surface area (Å²) in [5, 5.41) is 17.5. The Kier molecular flexibility index (Phi) is 7.26. The molecule has 0 saturated heterocycles. The number of methoxy groups -OCH3 is 1. The molecule has 38 heavy (non-hydrogen) atoms. The van der Waals surface area contributed by atoms with Gasteiger partial charge < -0.3 is 9.47 Å². The van der Waals surface area contributed by atoms with E-state index < -0.39 is 34.9 Å². The number of nitrogens with zero attached hydrogens (tertiary/aromatic N) is 5. The van der Waals surface area contributed by atoms with Crippen molar-refractivity contribution in [2.24, 2.45) is 0 Å². The van der Waals surface area contributed by atoms with Gasteiger partial charge in [0.1, 0.15) is 35.2 Å². The van der Waals surface area contributed by atoms with Crippen molar-refractivity contribution in [3.8, 4) is 23.1 Å². The second-order valence-corrected chi connectivity index (χ2v) is 10.1. The quantitative estimate of drug-likeness (QED) is 0.418. The van der Waals surface area contributed by atoms with Gasteiger partial charge >= 0.3 is 6.09 Å². The lowest BCUT2D eigenvalue weighted by Gasteiger charge is -2.46. The fourth-order valence-corrected chi connectivity index (χ4v) is 4.52. The molecule has 0 bridgehead atoms. The van der Waals surface area contributed by atoms with E-state index in [2.05, 4.69) is 15.2 Å². The first kappa shape index (κ1) is 26.9. The normalized spacial score (nSPS) is 18.7. The van der Waals surface area contributed by atoms with Gasteiger partial charge in [0.2, 0.25) is 0 Å². The fourth-order valence-electron chi connectivity index (χ4n) is 4.52. The minimum Gasteiger partial charge on any atom is -0.495 e. The summed E-state index contributed by atoms with van der Waals surface area (Å²) in [6.45, 7) is 4.88. The Morgan fingerprint density at radius 3 is 2.45 bits per heavy atom. The lowest BCUT2D eigenvalue weighted by molar-refractivity contribution is 0.0507. The molecular formula is C27H26F3N5O3. The van der Waals surface area contributed by atoms with E-state index in [0.29, 0.717) is 0 Å². The first-order valence-corrected chi connectivity index (χ1v) is 11.8. The van der Waals surface area contributed by atoms with Crippen LogP contribution in [0.2, 0.25) is 0 Å². The predicted octanol–water partition coefficient (Wildman–Crippen LogP) is 5.51. The number of carbonyl (C=O) groups is 1. The number of ether oxygens (including phenoxy) is 2. The van der Waals surface area contributed by atoms with E-state index >= 15 is 0 Å². The standard InChI is InChI=1S/C27H26F3N5O3/c1-26(2,3)38-25(36)35(15-27(12-17(28)13-27)24-19(30)6-5-11-32-24)21-10-9-20(33-34-21)22-18(29)8-7-16(14-31)23(22)37-4/h5-11,17H,12-13,15H2,1-4H3/t17-,27-. The number of alkyl halides is 1. The van der Waals surface area contributed by atoms with Crippen LogP contribution in [-0.4, -0.2) is 46.7 Å². The van der Waals surface area contributed by atoms with Gasteiger partial charge in [0, 0.05) is 18.2 Å². The van der Waals surface area contributed by atoms with Crippen molar-refractivity contribution in [2.45, 2.75) is 50.8 Å². The second kappa shape index (κ2) is 10.3. The Morgan fingerprint density at radius 1 is 1.16 bits per heavy atom. The molecule has 0 unspecified atom stereocenters. The molecule has 1 saturated carbocycles. The molecule has 1 aliphatic carbocycles. The molecule has 2 heterocycles. The van der Waals surface area contributed by atoms with Crippen molar-refractivity contribution in [3.63, 3.8) is 0 Å². The molecule has 1 fully saturated rings. The van der Waals surface area contributed by atoms with E-state index in [0.717, 1.165) is 11.0 Å². The highest BCUT2D eigenvalue weighted by molar-refractivity contribution is 5.87. The van der Waals surface area contributed by atoms with Crippen LogP contribution in [0.15, 0.2) is 42.6 Å². The van der Waals surface area contributed by atoms with Crippen molar-refractivity contribution in [1.82, 2.24) is 15.2 Å². The zero-order valence-corrected chi connectivity index (χ0v) is 21.3. The summed E-state index contributed by atoms with van der Waals surface area (Å²) in [6, 6.07) is 9.84. The molecule has 0 aliphatic heterocycles. The van der Waals surface area contributed by atoms with Gasteiger partial charge in [-0.25, -0.2) is 18.0 Å². The molecule has 8 nitrogen and oxygen atoms in total. The van der Waals surface area contributed by atoms with Crippen molar-refractivity contribution < 1.29 is 27.4 Å². The molecule has 0 spiro atoms. The molecule has 3 aromatic rings. The first-order valence-electron chi connectivity index (χ1n) is 11.8. The van der Waals surface area contributed by atoms with Gasteiger partial charge in [-0.3, -0.25) is 9.88 Å². The maximum atomic E-state index is 14.8. The van der Waals surface area contributed by atoms with Gasteiger partial charge in [-0.05, 0) is 70.0 Å². The molecule has 0 atom stereocenters. The molecular weight excluding hydrogens is 499 g/mol. The molecule has 0 N–H and O–H groups in total. The zero-order chi connectivity index (χ0) is 27.7. The van der Waals surface area contributed by atoms with E-state index in [9.17, 15) is 23.2 Å². The molecule has 2 aromatic heterocycles. The van der Waals surface area contributed by atoms with Crippen LogP contribution < -0.4 is 9.64 Å². The van der Waals surface area contributed by atoms with E-state index in [4.69, 9.17) is 9.47 Å². The summed E-state index contributed by atoms with van der Waals surface area (Å²) in [4.78, 5) is 18.6. The summed E-state index contributed by atoms with van der Waals surface area (Å²) in [7, 11) is 1.30. The van der Waals surface area contributed by atoms with Crippen molar-refractivity contribution in [3.05, 3.63) is 65.5 Å². The van der Waals surface area contributed by atoms with E-state index in [-0.39, 0.29) is 53.5 Å². The van der Waals surface area contributed by atoms with Crippen LogP contribution in [0.3, 0.4) is 0 Å². The lowest BCUT2D eigenvalue weighted by atomic mass is 9.64. The monoisotopic (exact) mass is 525 g/mol. The Bertz CT molecular complexity index is 1380. The number of pyridine rings is 1. The van der Waals surface area contributed by atoms with Gasteiger partial charge in [-0.2, -0.15) is 5.26 Å². The molecule has 1 aromatic carbocycles. The molecule has 0 radical (unpaired) electrons. The van der Waals surface area contributed by atoms with Crippen LogP contribution >= 0.6 is 0 Å². The highest BCUT2D eigenvalue weighted by Crippen LogP contribution is 2.47. The first-order chi connectivity index (χ1) is 18.0. The summed E-state index contributed by atoms with van der Waals surface area (Å²) in [6.07, 6.45) is -0.666. The largest absolute Gasteiger partial charge is 0.495 e. The van der Waals surface area contributed by atoms with Crippen LogP contribution in [-0.2, 0) is 10.2 Å². The SMILES string of the molecule is COc1c(C#N)ccc(F)c1-c1ccc(N(C[C@]2(c3ncccc3F)C[C@H](F)C2)C(=O)OC(C)(C)C)nn1. The number of amides is 1. The number of benzene rings is 1. The lowest BCUT2D eigenvalue weighted by Crippen LogP contribution is -2.54. The maximum Gasteiger partial charge on any atom is 0.416 e. The minimum atomic E-state index is -1.19. The smallest absolute Gasteiger partial charge is 0.416 e. The third-order valence-electron chi connectivity index (χ3n) is 6.17. The molecule has 1 aliphatic rings. The molecule has 1 amide bonds. The molecule has 11 heteroatoms. The number of halogens is 3. The van der Waals surface area contributed by atoms with Crippen LogP contribution in [0.4, 0.5) is 23.8 Å². The van der Waals surface area contributed by atoms with Gasteiger partial charge in [-0.1, -0.05) is 0 Å². The summed E-state index contributed by atoms with van der Waals surface area (Å²) >= 11 is 0. The Balaban J connectivity index is 1.75. The second-order valence-electron chi connectivity index (χ2n) is 10.1. The van der Waals surface area contributed by atoms with E-state index in [1.807, 2.05) is 6.07 Å². The zero-order valence-electron chi connectivity index (χ0n) is 21.3. The van der Waals surface area contributed by atoms with Crippen LogP contribution in [0.5, 0.6) is 5.75 Å². The highest BCUT2D eigenvalue weighted by atomic mass is 19.1. The fraction of sp³-hybridized carbons (Fsp3) is 0.370. The van der Waals surface area contributed by atoms with Crippen LogP contribution in [0.1, 0.15) is 44.9 Å². The van der Waals surface area contributed by atoms with Gasteiger partial charge in [-0.15, -0.1) is 10.2 Å². The maximum absolute atomic E-state index is 14.8.